The van der Waals surface area contributed by atoms with Crippen LogP contribution in [0, 0.1) is 0 Å². The smallest absolute Gasteiger partial charge is 0.236 e. The lowest BCUT2D eigenvalue weighted by Crippen LogP contribution is -2.04. The summed E-state index contributed by atoms with van der Waals surface area (Å²) in [5.74, 6) is -0.176. The number of ether oxygens (including phenoxy) is 3. The van der Waals surface area contributed by atoms with E-state index in [0.29, 0.717) is 17.1 Å². The molecule has 0 bridgehead atoms. The molecule has 1 N–H and O–H groups in total. The van der Waals surface area contributed by atoms with E-state index in [0.717, 1.165) is 0 Å². The first kappa shape index (κ1) is 12.2. The number of carbonyl (C=O) groups is 1. The Morgan fingerprint density at radius 3 is 2.19 bits per heavy atom. The minimum Gasteiger partial charge on any atom is -0.508 e. The van der Waals surface area contributed by atoms with E-state index in [2.05, 4.69) is 4.74 Å². The lowest BCUT2D eigenvalue weighted by molar-refractivity contribution is 0.164. The molecule has 16 heavy (non-hydrogen) atoms. The number of rotatable bonds is 4. The molecule has 1 rings (SSSR count). The SMILES string of the molecule is [B]C(=O)OCc1c(OC)cc(O)cc1OC. The van der Waals surface area contributed by atoms with Crippen LogP contribution in [0.5, 0.6) is 17.2 Å². The zero-order valence-electron chi connectivity index (χ0n) is 9.02. The summed E-state index contributed by atoms with van der Waals surface area (Å²) in [5, 5.41) is 9.37. The molecule has 84 valence electrons. The fourth-order valence-corrected chi connectivity index (χ4v) is 1.26. The molecule has 0 amide bonds. The molecule has 0 saturated heterocycles. The lowest BCUT2D eigenvalue weighted by atomic mass is 10.1. The van der Waals surface area contributed by atoms with Crippen molar-refractivity contribution < 1.29 is 24.1 Å². The van der Waals surface area contributed by atoms with Crippen LogP contribution in [-0.4, -0.2) is 33.0 Å². The fraction of sp³-hybridized carbons (Fsp3) is 0.300. The number of aromatic hydroxyl groups is 1. The summed E-state index contributed by atoms with van der Waals surface area (Å²) in [6.07, 6.45) is 0. The van der Waals surface area contributed by atoms with E-state index in [9.17, 15) is 9.90 Å². The maximum atomic E-state index is 10.5. The minimum absolute atomic E-state index is 0.00322. The van der Waals surface area contributed by atoms with Crippen LogP contribution in [0.3, 0.4) is 0 Å². The first-order valence-electron chi connectivity index (χ1n) is 4.44. The summed E-state index contributed by atoms with van der Waals surface area (Å²) in [7, 11) is 7.73. The number of carbonyl (C=O) groups excluding carboxylic acids is 1. The van der Waals surface area contributed by atoms with E-state index in [1.807, 2.05) is 0 Å². The van der Waals surface area contributed by atoms with Gasteiger partial charge in [-0.25, -0.2) is 0 Å². The van der Waals surface area contributed by atoms with Gasteiger partial charge in [0, 0.05) is 12.1 Å². The quantitative estimate of drug-likeness (QED) is 0.775. The Morgan fingerprint density at radius 1 is 1.31 bits per heavy atom. The largest absolute Gasteiger partial charge is 0.508 e. The predicted octanol–water partition coefficient (Wildman–Crippen LogP) is 1.21. The molecule has 1 aromatic rings. The van der Waals surface area contributed by atoms with Gasteiger partial charge in [-0.3, -0.25) is 4.79 Å². The molecule has 0 saturated carbocycles. The third kappa shape index (κ3) is 2.82. The second-order valence-electron chi connectivity index (χ2n) is 2.94. The Balaban J connectivity index is 3.06. The molecular weight excluding hydrogens is 211 g/mol. The Morgan fingerprint density at radius 2 is 1.81 bits per heavy atom. The Hall–Kier alpha value is -1.85. The van der Waals surface area contributed by atoms with E-state index in [1.54, 1.807) is 0 Å². The van der Waals surface area contributed by atoms with Crippen molar-refractivity contribution in [2.75, 3.05) is 14.2 Å². The molecule has 0 aliphatic carbocycles. The van der Waals surface area contributed by atoms with E-state index in [1.165, 1.54) is 26.4 Å². The minimum atomic E-state index is -0.891. The van der Waals surface area contributed by atoms with Crippen molar-refractivity contribution in [3.63, 3.8) is 0 Å². The van der Waals surface area contributed by atoms with Crippen LogP contribution in [0.1, 0.15) is 5.56 Å². The molecule has 5 nitrogen and oxygen atoms in total. The van der Waals surface area contributed by atoms with Crippen LogP contribution in [-0.2, 0) is 11.3 Å². The monoisotopic (exact) mass is 222 g/mol. The number of methoxy groups -OCH3 is 2. The van der Waals surface area contributed by atoms with Crippen LogP contribution >= 0.6 is 0 Å². The van der Waals surface area contributed by atoms with Gasteiger partial charge in [-0.2, -0.15) is 0 Å². The molecule has 1 aromatic carbocycles. The normalized spacial score (nSPS) is 9.62. The van der Waals surface area contributed by atoms with E-state index >= 15 is 0 Å². The molecule has 0 aromatic heterocycles. The lowest BCUT2D eigenvalue weighted by Gasteiger charge is -2.13. The topological polar surface area (TPSA) is 65.0 Å². The molecular formula is C10H11BO5. The number of hydrogen-bond donors (Lipinski definition) is 1. The van der Waals surface area contributed by atoms with Gasteiger partial charge in [0.15, 0.2) is 0 Å². The fourth-order valence-electron chi connectivity index (χ4n) is 1.26. The first-order chi connectivity index (χ1) is 7.58. The molecule has 0 atom stereocenters. The summed E-state index contributed by atoms with van der Waals surface area (Å²) in [6, 6.07) is 2.78. The van der Waals surface area contributed by atoms with Gasteiger partial charge >= 0.3 is 0 Å². The standard InChI is InChI=1S/C10H11BO5/c1-14-8-3-6(12)4-9(15-2)7(8)5-16-10(11)13/h3-4,12H,5H2,1-2H3. The van der Waals surface area contributed by atoms with Gasteiger partial charge in [0.25, 0.3) is 0 Å². The van der Waals surface area contributed by atoms with Gasteiger partial charge in [-0.1, -0.05) is 0 Å². The molecule has 0 unspecified atom stereocenters. The molecule has 0 aliphatic rings. The van der Waals surface area contributed by atoms with Gasteiger partial charge in [-0.15, -0.1) is 0 Å². The molecule has 0 spiro atoms. The second kappa shape index (κ2) is 5.30. The van der Waals surface area contributed by atoms with Crippen LogP contribution < -0.4 is 9.47 Å². The molecule has 0 heterocycles. The highest BCUT2D eigenvalue weighted by atomic mass is 16.5. The number of hydrogen-bond acceptors (Lipinski definition) is 5. The predicted molar refractivity (Wildman–Crippen MR) is 57.1 cm³/mol. The average Bonchev–Trinajstić information content (AvgIpc) is 2.25. The van der Waals surface area contributed by atoms with Crippen LogP contribution in [0.2, 0.25) is 0 Å². The van der Waals surface area contributed by atoms with Crippen molar-refractivity contribution >= 4 is 13.7 Å². The van der Waals surface area contributed by atoms with Gasteiger partial charge in [0.05, 0.1) is 19.8 Å². The number of phenols is 1. The van der Waals surface area contributed by atoms with E-state index in [-0.39, 0.29) is 12.4 Å². The zero-order chi connectivity index (χ0) is 12.1. The van der Waals surface area contributed by atoms with Crippen molar-refractivity contribution in [2.24, 2.45) is 0 Å². The van der Waals surface area contributed by atoms with Crippen LogP contribution in [0.25, 0.3) is 0 Å². The highest BCUT2D eigenvalue weighted by molar-refractivity contribution is 6.55. The van der Waals surface area contributed by atoms with Crippen molar-refractivity contribution in [1.29, 1.82) is 0 Å². The van der Waals surface area contributed by atoms with Crippen molar-refractivity contribution in [3.8, 4) is 17.2 Å². The summed E-state index contributed by atoms with van der Waals surface area (Å²) in [4.78, 5) is 10.5. The maximum Gasteiger partial charge on any atom is 0.236 e. The van der Waals surface area contributed by atoms with Crippen molar-refractivity contribution in [1.82, 2.24) is 0 Å². The number of benzene rings is 1. The molecule has 6 heteroatoms. The maximum absolute atomic E-state index is 10.5. The Kier molecular flexibility index (Phi) is 4.05. The Labute approximate surface area is 94.3 Å². The zero-order valence-corrected chi connectivity index (χ0v) is 9.02. The molecule has 0 aliphatic heterocycles. The van der Waals surface area contributed by atoms with Gasteiger partial charge in [0.2, 0.25) is 13.7 Å². The van der Waals surface area contributed by atoms with Crippen molar-refractivity contribution in [3.05, 3.63) is 17.7 Å². The summed E-state index contributed by atoms with van der Waals surface area (Å²) in [6.45, 7) is -0.0814. The summed E-state index contributed by atoms with van der Waals surface area (Å²) in [5.41, 5.74) is 0.501. The van der Waals surface area contributed by atoms with Gasteiger partial charge in [-0.05, 0) is 0 Å². The highest BCUT2D eigenvalue weighted by Crippen LogP contribution is 2.33. The van der Waals surface area contributed by atoms with E-state index in [4.69, 9.17) is 17.3 Å². The molecule has 2 radical (unpaired) electrons. The highest BCUT2D eigenvalue weighted by Gasteiger charge is 2.13. The van der Waals surface area contributed by atoms with Crippen LogP contribution in [0.4, 0.5) is 4.79 Å². The summed E-state index contributed by atoms with van der Waals surface area (Å²) >= 11 is 0. The third-order valence-electron chi connectivity index (χ3n) is 1.95. The average molecular weight is 222 g/mol. The first-order valence-corrected chi connectivity index (χ1v) is 4.44. The van der Waals surface area contributed by atoms with Crippen molar-refractivity contribution in [2.45, 2.75) is 6.61 Å². The Bertz CT molecular complexity index is 366. The molecule has 0 fully saturated rings. The number of phenolic OH excluding ortho intramolecular Hbond substituents is 1. The summed E-state index contributed by atoms with van der Waals surface area (Å²) < 4.78 is 14.7. The van der Waals surface area contributed by atoms with E-state index < -0.39 is 5.87 Å². The van der Waals surface area contributed by atoms with Gasteiger partial charge in [0.1, 0.15) is 23.9 Å². The van der Waals surface area contributed by atoms with Gasteiger partial charge < -0.3 is 19.3 Å². The third-order valence-corrected chi connectivity index (χ3v) is 1.95. The van der Waals surface area contributed by atoms with Crippen LogP contribution in [0.15, 0.2) is 12.1 Å². The second-order valence-corrected chi connectivity index (χ2v) is 2.94.